The van der Waals surface area contributed by atoms with Crippen molar-refractivity contribution in [3.63, 3.8) is 0 Å². The Bertz CT molecular complexity index is 608. The number of ether oxygens (including phenoxy) is 1. The highest BCUT2D eigenvalue weighted by atomic mass is 35.5. The van der Waals surface area contributed by atoms with Gasteiger partial charge >= 0.3 is 5.97 Å². The standard InChI is InChI=1S/C15H19ClN2O5/c1-23-15(20)11-6-14(18(21)22)13(7-12(11)16)17-8-9-3-2-4-10(19)5-9/h6-7,9-10,17,19H,2-5,8H2,1H3. The van der Waals surface area contributed by atoms with E-state index in [4.69, 9.17) is 11.6 Å². The molecule has 0 amide bonds. The van der Waals surface area contributed by atoms with E-state index in [0.29, 0.717) is 13.0 Å². The van der Waals surface area contributed by atoms with E-state index >= 15 is 0 Å². The number of methoxy groups -OCH3 is 1. The third kappa shape index (κ3) is 4.33. The number of aliphatic hydroxyl groups excluding tert-OH is 1. The predicted octanol–water partition coefficient (Wildman–Crippen LogP) is 3.00. The summed E-state index contributed by atoms with van der Waals surface area (Å²) >= 11 is 6.02. The normalized spacial score (nSPS) is 20.8. The van der Waals surface area contributed by atoms with Crippen LogP contribution in [0.1, 0.15) is 36.0 Å². The average Bonchev–Trinajstić information content (AvgIpc) is 2.52. The van der Waals surface area contributed by atoms with Gasteiger partial charge in [0, 0.05) is 12.6 Å². The molecule has 0 bridgehead atoms. The molecule has 0 radical (unpaired) electrons. The molecule has 1 fully saturated rings. The molecule has 0 spiro atoms. The second-order valence-electron chi connectivity index (χ2n) is 5.67. The number of anilines is 1. The molecule has 8 heteroatoms. The Kier molecular flexibility index (Phi) is 5.79. The number of hydrogen-bond donors (Lipinski definition) is 2. The third-order valence-electron chi connectivity index (χ3n) is 4.02. The van der Waals surface area contributed by atoms with Crippen LogP contribution in [0.3, 0.4) is 0 Å². The minimum absolute atomic E-state index is 0.0421. The second kappa shape index (κ2) is 7.61. The minimum atomic E-state index is -0.722. The highest BCUT2D eigenvalue weighted by molar-refractivity contribution is 6.34. The molecule has 2 N–H and O–H groups in total. The molecule has 126 valence electrons. The molecule has 2 rings (SSSR count). The van der Waals surface area contributed by atoms with E-state index in [-0.39, 0.29) is 34.0 Å². The molecule has 2 atom stereocenters. The van der Waals surface area contributed by atoms with Gasteiger partial charge in [-0.2, -0.15) is 0 Å². The molecule has 1 aromatic rings. The molecule has 1 saturated carbocycles. The van der Waals surface area contributed by atoms with Crippen LogP contribution in [0.15, 0.2) is 12.1 Å². The Labute approximate surface area is 138 Å². The van der Waals surface area contributed by atoms with Crippen LogP contribution in [-0.2, 0) is 4.74 Å². The van der Waals surface area contributed by atoms with Crippen LogP contribution < -0.4 is 5.32 Å². The second-order valence-corrected chi connectivity index (χ2v) is 6.07. The van der Waals surface area contributed by atoms with Gasteiger partial charge in [0.1, 0.15) is 5.69 Å². The Morgan fingerprint density at radius 2 is 2.26 bits per heavy atom. The Balaban J connectivity index is 2.18. The smallest absolute Gasteiger partial charge is 0.339 e. The summed E-state index contributed by atoms with van der Waals surface area (Å²) in [6, 6.07) is 2.48. The number of nitrogens with one attached hydrogen (secondary N) is 1. The summed E-state index contributed by atoms with van der Waals surface area (Å²) in [6.07, 6.45) is 3.07. The maximum atomic E-state index is 11.6. The van der Waals surface area contributed by atoms with Gasteiger partial charge in [0.15, 0.2) is 0 Å². The van der Waals surface area contributed by atoms with Crippen molar-refractivity contribution >= 4 is 28.9 Å². The van der Waals surface area contributed by atoms with E-state index in [1.54, 1.807) is 0 Å². The highest BCUT2D eigenvalue weighted by Gasteiger charge is 2.24. The summed E-state index contributed by atoms with van der Waals surface area (Å²) in [7, 11) is 1.19. The first-order valence-corrected chi connectivity index (χ1v) is 7.78. The van der Waals surface area contributed by atoms with E-state index in [9.17, 15) is 20.0 Å². The third-order valence-corrected chi connectivity index (χ3v) is 4.34. The zero-order valence-electron chi connectivity index (χ0n) is 12.8. The minimum Gasteiger partial charge on any atom is -0.465 e. The number of rotatable bonds is 5. The van der Waals surface area contributed by atoms with Gasteiger partial charge in [-0.05, 0) is 31.2 Å². The first-order valence-electron chi connectivity index (χ1n) is 7.40. The van der Waals surface area contributed by atoms with E-state index in [1.807, 2.05) is 0 Å². The fourth-order valence-electron chi connectivity index (χ4n) is 2.82. The lowest BCUT2D eigenvalue weighted by molar-refractivity contribution is -0.384. The number of carbonyl (C=O) groups is 1. The van der Waals surface area contributed by atoms with Gasteiger partial charge in [0.2, 0.25) is 0 Å². The summed E-state index contributed by atoms with van der Waals surface area (Å²) in [6.45, 7) is 0.506. The van der Waals surface area contributed by atoms with Gasteiger partial charge < -0.3 is 15.2 Å². The number of nitrogens with zero attached hydrogens (tertiary/aromatic N) is 1. The molecule has 1 aliphatic rings. The van der Waals surface area contributed by atoms with E-state index in [1.165, 1.54) is 13.2 Å². The predicted molar refractivity (Wildman–Crippen MR) is 85.9 cm³/mol. The summed E-state index contributed by atoms with van der Waals surface area (Å²) in [5, 5.41) is 24.0. The summed E-state index contributed by atoms with van der Waals surface area (Å²) in [5.41, 5.74) is -0.0154. The lowest BCUT2D eigenvalue weighted by atomic mass is 9.87. The largest absolute Gasteiger partial charge is 0.465 e. The van der Waals surface area contributed by atoms with Crippen molar-refractivity contribution in [2.75, 3.05) is 19.0 Å². The number of nitro benzene ring substituents is 1. The van der Waals surface area contributed by atoms with Crippen LogP contribution in [0.5, 0.6) is 0 Å². The summed E-state index contributed by atoms with van der Waals surface area (Å²) < 4.78 is 4.56. The highest BCUT2D eigenvalue weighted by Crippen LogP contribution is 2.33. The van der Waals surface area contributed by atoms with Gasteiger partial charge in [-0.1, -0.05) is 18.0 Å². The van der Waals surface area contributed by atoms with Crippen LogP contribution in [-0.4, -0.2) is 35.8 Å². The van der Waals surface area contributed by atoms with Crippen LogP contribution in [0, 0.1) is 16.0 Å². The molecule has 23 heavy (non-hydrogen) atoms. The number of esters is 1. The van der Waals surface area contributed by atoms with E-state index in [2.05, 4.69) is 10.1 Å². The van der Waals surface area contributed by atoms with E-state index in [0.717, 1.165) is 25.3 Å². The van der Waals surface area contributed by atoms with Crippen LogP contribution in [0.25, 0.3) is 0 Å². The van der Waals surface area contributed by atoms with Crippen LogP contribution >= 0.6 is 11.6 Å². The Hall–Kier alpha value is -1.86. The SMILES string of the molecule is COC(=O)c1cc([N+](=O)[O-])c(NCC2CCCC(O)C2)cc1Cl. The molecule has 1 aliphatic carbocycles. The topological polar surface area (TPSA) is 102 Å². The maximum absolute atomic E-state index is 11.6. The average molecular weight is 343 g/mol. The number of aliphatic hydroxyl groups is 1. The molecular formula is C15H19ClN2O5. The number of benzene rings is 1. The van der Waals surface area contributed by atoms with Crippen molar-refractivity contribution in [1.29, 1.82) is 0 Å². The summed E-state index contributed by atoms with van der Waals surface area (Å²) in [4.78, 5) is 22.2. The van der Waals surface area contributed by atoms with Crippen molar-refractivity contribution in [3.05, 3.63) is 32.8 Å². The van der Waals surface area contributed by atoms with Crippen molar-refractivity contribution in [2.45, 2.75) is 31.8 Å². The number of hydrogen-bond acceptors (Lipinski definition) is 6. The molecule has 2 unspecified atom stereocenters. The first-order chi connectivity index (χ1) is 10.9. The van der Waals surface area contributed by atoms with Gasteiger partial charge in [-0.15, -0.1) is 0 Å². The quantitative estimate of drug-likeness (QED) is 0.484. The van der Waals surface area contributed by atoms with E-state index < -0.39 is 10.9 Å². The monoisotopic (exact) mass is 342 g/mol. The van der Waals surface area contributed by atoms with Gasteiger partial charge in [-0.25, -0.2) is 4.79 Å². The van der Waals surface area contributed by atoms with Crippen molar-refractivity contribution in [2.24, 2.45) is 5.92 Å². The maximum Gasteiger partial charge on any atom is 0.339 e. The lowest BCUT2D eigenvalue weighted by Crippen LogP contribution is -2.25. The molecule has 0 saturated heterocycles. The van der Waals surface area contributed by atoms with Gasteiger partial charge in [0.25, 0.3) is 5.69 Å². The Morgan fingerprint density at radius 3 is 2.87 bits per heavy atom. The van der Waals surface area contributed by atoms with Crippen molar-refractivity contribution in [1.82, 2.24) is 0 Å². The number of nitro groups is 1. The van der Waals surface area contributed by atoms with Gasteiger partial charge in [-0.3, -0.25) is 10.1 Å². The fourth-order valence-corrected chi connectivity index (χ4v) is 3.06. The summed E-state index contributed by atoms with van der Waals surface area (Å²) in [5.74, 6) is -0.475. The van der Waals surface area contributed by atoms with Crippen molar-refractivity contribution in [3.8, 4) is 0 Å². The molecule has 0 aromatic heterocycles. The molecule has 1 aromatic carbocycles. The Morgan fingerprint density at radius 1 is 1.52 bits per heavy atom. The zero-order valence-corrected chi connectivity index (χ0v) is 13.5. The van der Waals surface area contributed by atoms with Crippen LogP contribution in [0.2, 0.25) is 5.02 Å². The van der Waals surface area contributed by atoms with Gasteiger partial charge in [0.05, 0.1) is 28.7 Å². The first kappa shape index (κ1) is 17.5. The molecule has 0 heterocycles. The number of halogens is 1. The fraction of sp³-hybridized carbons (Fsp3) is 0.533. The molecule has 0 aliphatic heterocycles. The molecule has 7 nitrogen and oxygen atoms in total. The lowest BCUT2D eigenvalue weighted by Gasteiger charge is -2.26. The number of carbonyl (C=O) groups excluding carboxylic acids is 1. The van der Waals surface area contributed by atoms with Crippen LogP contribution in [0.4, 0.5) is 11.4 Å². The molecular weight excluding hydrogens is 324 g/mol. The van der Waals surface area contributed by atoms with Crippen molar-refractivity contribution < 1.29 is 19.6 Å². The zero-order chi connectivity index (χ0) is 17.0.